The number of hydrogen-bond donors (Lipinski definition) is 2. The maximum absolute atomic E-state index is 12.8. The van der Waals surface area contributed by atoms with Crippen molar-refractivity contribution in [3.8, 4) is 6.07 Å². The average molecular weight is 369 g/mol. The second-order valence-electron chi connectivity index (χ2n) is 7.29. The molecule has 0 saturated heterocycles. The van der Waals surface area contributed by atoms with Gasteiger partial charge in [-0.2, -0.15) is 5.26 Å². The van der Waals surface area contributed by atoms with E-state index in [-0.39, 0.29) is 5.91 Å². The number of rotatable bonds is 3. The zero-order valence-corrected chi connectivity index (χ0v) is 15.3. The smallest absolute Gasteiger partial charge is 0.257 e. The van der Waals surface area contributed by atoms with Gasteiger partial charge in [0.2, 0.25) is 0 Å². The molecule has 0 bridgehead atoms. The summed E-state index contributed by atoms with van der Waals surface area (Å²) in [7, 11) is 0. The molecular weight excluding hydrogens is 350 g/mol. The number of imidazole rings is 1. The molecule has 1 aliphatic rings. The molecule has 0 aliphatic heterocycles. The van der Waals surface area contributed by atoms with Gasteiger partial charge in [0.25, 0.3) is 5.91 Å². The summed E-state index contributed by atoms with van der Waals surface area (Å²) in [6.07, 6.45) is 8.31. The van der Waals surface area contributed by atoms with Crippen molar-refractivity contribution in [2.45, 2.75) is 31.7 Å². The summed E-state index contributed by atoms with van der Waals surface area (Å²) in [5.74, 6) is -0.217. The van der Waals surface area contributed by atoms with E-state index in [4.69, 9.17) is 0 Å². The lowest BCUT2D eigenvalue weighted by Gasteiger charge is -2.13. The minimum Gasteiger partial charge on any atom is -0.345 e. The van der Waals surface area contributed by atoms with Crippen molar-refractivity contribution in [1.29, 1.82) is 5.26 Å². The van der Waals surface area contributed by atoms with E-state index < -0.39 is 0 Å². The molecule has 1 saturated carbocycles. The Balaban J connectivity index is 1.50. The van der Waals surface area contributed by atoms with Gasteiger partial charge in [-0.1, -0.05) is 18.9 Å². The number of H-pyrrole nitrogens is 1. The predicted molar refractivity (Wildman–Crippen MR) is 108 cm³/mol. The van der Waals surface area contributed by atoms with Crippen LogP contribution in [0.1, 0.15) is 47.6 Å². The van der Waals surface area contributed by atoms with Gasteiger partial charge in [0.05, 0.1) is 23.0 Å². The first kappa shape index (κ1) is 16.6. The molecule has 28 heavy (non-hydrogen) atoms. The Hall–Kier alpha value is -3.59. The van der Waals surface area contributed by atoms with Gasteiger partial charge in [-0.05, 0) is 43.2 Å². The van der Waals surface area contributed by atoms with Crippen LogP contribution in [0.5, 0.6) is 0 Å². The third-order valence-electron chi connectivity index (χ3n) is 5.62. The predicted octanol–water partition coefficient (Wildman–Crippen LogP) is 4.76. The SMILES string of the molecule is N#Cc1cn(C2CCCC2)c2ccc(NC(=O)c3cccc4[nH]cnc34)cc12. The minimum absolute atomic E-state index is 0.217. The first-order valence-electron chi connectivity index (χ1n) is 9.53. The molecule has 2 aromatic carbocycles. The highest BCUT2D eigenvalue weighted by atomic mass is 16.1. The van der Waals surface area contributed by atoms with Gasteiger partial charge in [-0.3, -0.25) is 4.79 Å². The van der Waals surface area contributed by atoms with Crippen LogP contribution in [0.2, 0.25) is 0 Å². The average Bonchev–Trinajstić information content (AvgIpc) is 3.45. The van der Waals surface area contributed by atoms with E-state index >= 15 is 0 Å². The van der Waals surface area contributed by atoms with Crippen LogP contribution in [0, 0.1) is 11.3 Å². The highest BCUT2D eigenvalue weighted by Gasteiger charge is 2.20. The number of carbonyl (C=O) groups excluding carboxylic acids is 1. The third kappa shape index (κ3) is 2.64. The quantitative estimate of drug-likeness (QED) is 0.546. The van der Waals surface area contributed by atoms with Crippen LogP contribution in [-0.2, 0) is 0 Å². The van der Waals surface area contributed by atoms with Gasteiger partial charge in [0.1, 0.15) is 11.6 Å². The maximum atomic E-state index is 12.8. The van der Waals surface area contributed by atoms with Gasteiger partial charge in [-0.15, -0.1) is 0 Å². The first-order chi connectivity index (χ1) is 13.7. The summed E-state index contributed by atoms with van der Waals surface area (Å²) in [4.78, 5) is 20.1. The lowest BCUT2D eigenvalue weighted by atomic mass is 10.1. The molecule has 2 aromatic heterocycles. The van der Waals surface area contributed by atoms with E-state index in [2.05, 4.69) is 25.9 Å². The van der Waals surface area contributed by atoms with Gasteiger partial charge in [-0.25, -0.2) is 4.98 Å². The molecule has 4 aromatic rings. The van der Waals surface area contributed by atoms with Gasteiger partial charge >= 0.3 is 0 Å². The number of carbonyl (C=O) groups is 1. The summed E-state index contributed by atoms with van der Waals surface area (Å²) < 4.78 is 2.23. The van der Waals surface area contributed by atoms with Crippen molar-refractivity contribution in [2.24, 2.45) is 0 Å². The second kappa shape index (κ2) is 6.54. The number of para-hydroxylation sites is 1. The normalized spacial score (nSPS) is 14.5. The maximum Gasteiger partial charge on any atom is 0.257 e. The Bertz CT molecular complexity index is 1240. The number of aromatic amines is 1. The number of benzene rings is 2. The fourth-order valence-corrected chi connectivity index (χ4v) is 4.25. The zero-order valence-electron chi connectivity index (χ0n) is 15.3. The fourth-order valence-electron chi connectivity index (χ4n) is 4.25. The number of nitrogens with zero attached hydrogens (tertiary/aromatic N) is 3. The van der Waals surface area contributed by atoms with E-state index in [1.54, 1.807) is 12.4 Å². The molecule has 138 valence electrons. The van der Waals surface area contributed by atoms with Crippen molar-refractivity contribution in [3.05, 3.63) is 60.0 Å². The van der Waals surface area contributed by atoms with Crippen LogP contribution in [0.3, 0.4) is 0 Å². The second-order valence-corrected chi connectivity index (χ2v) is 7.29. The Kier molecular flexibility index (Phi) is 3.87. The highest BCUT2D eigenvalue weighted by molar-refractivity contribution is 6.12. The Morgan fingerprint density at radius 1 is 1.25 bits per heavy atom. The summed E-state index contributed by atoms with van der Waals surface area (Å²) >= 11 is 0. The molecule has 6 heteroatoms. The van der Waals surface area contributed by atoms with Crippen molar-refractivity contribution >= 4 is 33.5 Å². The summed E-state index contributed by atoms with van der Waals surface area (Å²) in [5, 5.41) is 13.4. The number of amides is 1. The number of nitrogens with one attached hydrogen (secondary N) is 2. The molecule has 6 nitrogen and oxygen atoms in total. The summed E-state index contributed by atoms with van der Waals surface area (Å²) in [6.45, 7) is 0. The van der Waals surface area contributed by atoms with Gasteiger partial charge < -0.3 is 14.9 Å². The zero-order chi connectivity index (χ0) is 19.1. The number of nitriles is 1. The Labute approximate surface area is 161 Å². The molecule has 0 radical (unpaired) electrons. The number of hydrogen-bond acceptors (Lipinski definition) is 3. The minimum atomic E-state index is -0.217. The number of aromatic nitrogens is 3. The molecule has 1 fully saturated rings. The summed E-state index contributed by atoms with van der Waals surface area (Å²) in [6, 6.07) is 14.0. The van der Waals surface area contributed by atoms with E-state index in [0.29, 0.717) is 28.4 Å². The Morgan fingerprint density at radius 2 is 2.11 bits per heavy atom. The van der Waals surface area contributed by atoms with E-state index in [1.165, 1.54) is 12.8 Å². The third-order valence-corrected chi connectivity index (χ3v) is 5.62. The standard InChI is InChI=1S/C22H19N5O/c23-11-14-12-27(16-4-1-2-5-16)20-9-8-15(10-18(14)20)26-22(28)17-6-3-7-19-21(17)25-13-24-19/h3,6-10,12-13,16H,1-2,4-5H2,(H,24,25)(H,26,28). The van der Waals surface area contributed by atoms with Crippen LogP contribution in [0.4, 0.5) is 5.69 Å². The summed E-state index contributed by atoms with van der Waals surface area (Å²) in [5.41, 5.74) is 4.35. The van der Waals surface area contributed by atoms with Crippen LogP contribution in [-0.4, -0.2) is 20.4 Å². The molecular formula is C22H19N5O. The topological polar surface area (TPSA) is 86.5 Å². The lowest BCUT2D eigenvalue weighted by Crippen LogP contribution is -2.12. The van der Waals surface area contributed by atoms with Crippen LogP contribution < -0.4 is 5.32 Å². The molecule has 2 N–H and O–H groups in total. The molecule has 2 heterocycles. The molecule has 0 atom stereocenters. The van der Waals surface area contributed by atoms with Crippen molar-refractivity contribution in [2.75, 3.05) is 5.32 Å². The van der Waals surface area contributed by atoms with Crippen molar-refractivity contribution < 1.29 is 4.79 Å². The van der Waals surface area contributed by atoms with Crippen LogP contribution in [0.25, 0.3) is 21.9 Å². The van der Waals surface area contributed by atoms with Gasteiger partial charge in [0.15, 0.2) is 0 Å². The van der Waals surface area contributed by atoms with Crippen LogP contribution in [0.15, 0.2) is 48.9 Å². The number of anilines is 1. The monoisotopic (exact) mass is 369 g/mol. The van der Waals surface area contributed by atoms with Crippen molar-refractivity contribution in [1.82, 2.24) is 14.5 Å². The Morgan fingerprint density at radius 3 is 2.93 bits per heavy atom. The van der Waals surface area contributed by atoms with Crippen LogP contribution >= 0.6 is 0 Å². The molecule has 0 spiro atoms. The highest BCUT2D eigenvalue weighted by Crippen LogP contribution is 2.35. The number of fused-ring (bicyclic) bond motifs is 2. The first-order valence-corrected chi connectivity index (χ1v) is 9.53. The van der Waals surface area contributed by atoms with E-state index in [0.717, 1.165) is 29.3 Å². The largest absolute Gasteiger partial charge is 0.345 e. The van der Waals surface area contributed by atoms with E-state index in [1.807, 2.05) is 36.5 Å². The fraction of sp³-hybridized carbons (Fsp3) is 0.227. The van der Waals surface area contributed by atoms with Crippen molar-refractivity contribution in [3.63, 3.8) is 0 Å². The molecule has 5 rings (SSSR count). The molecule has 0 unspecified atom stereocenters. The van der Waals surface area contributed by atoms with Gasteiger partial charge in [0, 0.05) is 28.8 Å². The van der Waals surface area contributed by atoms with E-state index in [9.17, 15) is 10.1 Å². The lowest BCUT2D eigenvalue weighted by molar-refractivity contribution is 0.102. The molecule has 1 aliphatic carbocycles. The molecule has 1 amide bonds.